The Morgan fingerprint density at radius 1 is 1.06 bits per heavy atom. The molecule has 0 aliphatic heterocycles. The van der Waals surface area contributed by atoms with Gasteiger partial charge < -0.3 is 20.5 Å². The topological polar surface area (TPSA) is 105 Å². The van der Waals surface area contributed by atoms with Crippen LogP contribution in [0.2, 0.25) is 0 Å². The number of alkyl carbamates (subject to hydrolysis) is 1. The molecule has 2 aliphatic rings. The van der Waals surface area contributed by atoms with E-state index in [9.17, 15) is 19.5 Å². The van der Waals surface area contributed by atoms with Crippen LogP contribution in [-0.4, -0.2) is 41.3 Å². The molecule has 7 heteroatoms. The Hall–Kier alpha value is -3.35. The molecule has 1 fully saturated rings. The van der Waals surface area contributed by atoms with E-state index in [2.05, 4.69) is 34.9 Å². The minimum Gasteiger partial charge on any atom is -0.480 e. The van der Waals surface area contributed by atoms with Gasteiger partial charge in [-0.15, -0.1) is 0 Å². The van der Waals surface area contributed by atoms with Crippen molar-refractivity contribution in [3.8, 4) is 11.1 Å². The molecule has 2 aromatic rings. The summed E-state index contributed by atoms with van der Waals surface area (Å²) in [4.78, 5) is 36.2. The van der Waals surface area contributed by atoms with E-state index in [0.29, 0.717) is 19.3 Å². The molecule has 32 heavy (non-hydrogen) atoms. The standard InChI is InChI=1S/C25H28N2O5/c1-2-7-16(14-22(28)27-25(12-13-25)23(29)30)26-24(31)32-15-21-19-10-5-3-8-17(19)18-9-4-6-11-20(18)21/h3-6,8-11,16,21H,2,7,12-15H2,1H3,(H,26,31)(H,27,28)(H,29,30)/t16-/m0/s1. The smallest absolute Gasteiger partial charge is 0.407 e. The molecule has 2 aromatic carbocycles. The van der Waals surface area contributed by atoms with E-state index in [1.165, 1.54) is 0 Å². The molecule has 1 atom stereocenters. The number of carbonyl (C=O) groups is 3. The quantitative estimate of drug-likeness (QED) is 0.554. The van der Waals surface area contributed by atoms with Crippen molar-refractivity contribution in [3.05, 3.63) is 59.7 Å². The van der Waals surface area contributed by atoms with Crippen molar-refractivity contribution in [3.63, 3.8) is 0 Å². The van der Waals surface area contributed by atoms with E-state index < -0.39 is 23.6 Å². The van der Waals surface area contributed by atoms with E-state index in [4.69, 9.17) is 4.74 Å². The lowest BCUT2D eigenvalue weighted by Crippen LogP contribution is -2.46. The lowest BCUT2D eigenvalue weighted by atomic mass is 9.98. The van der Waals surface area contributed by atoms with Crippen molar-refractivity contribution >= 4 is 18.0 Å². The lowest BCUT2D eigenvalue weighted by molar-refractivity contribution is -0.143. The summed E-state index contributed by atoms with van der Waals surface area (Å²) in [6.45, 7) is 2.16. The molecule has 0 bridgehead atoms. The third kappa shape index (κ3) is 4.47. The van der Waals surface area contributed by atoms with E-state index in [1.54, 1.807) is 0 Å². The fourth-order valence-corrected chi connectivity index (χ4v) is 4.44. The maximum Gasteiger partial charge on any atom is 0.407 e. The Kier molecular flexibility index (Phi) is 6.17. The molecule has 0 saturated heterocycles. The predicted molar refractivity (Wildman–Crippen MR) is 119 cm³/mol. The summed E-state index contributed by atoms with van der Waals surface area (Å²) < 4.78 is 5.57. The maximum atomic E-state index is 12.5. The first-order valence-electron chi connectivity index (χ1n) is 11.1. The van der Waals surface area contributed by atoms with Crippen molar-refractivity contribution in [2.24, 2.45) is 0 Å². The Balaban J connectivity index is 1.35. The Morgan fingerprint density at radius 2 is 1.66 bits per heavy atom. The number of carbonyl (C=O) groups excluding carboxylic acids is 2. The molecule has 0 heterocycles. The van der Waals surface area contributed by atoms with Crippen molar-refractivity contribution in [1.82, 2.24) is 10.6 Å². The molecular formula is C25H28N2O5. The summed E-state index contributed by atoms with van der Waals surface area (Å²) >= 11 is 0. The van der Waals surface area contributed by atoms with E-state index >= 15 is 0 Å². The van der Waals surface area contributed by atoms with Gasteiger partial charge in [-0.25, -0.2) is 9.59 Å². The van der Waals surface area contributed by atoms with Gasteiger partial charge in [0.2, 0.25) is 5.91 Å². The van der Waals surface area contributed by atoms with Crippen LogP contribution in [-0.2, 0) is 14.3 Å². The number of aliphatic carboxylic acids is 1. The van der Waals surface area contributed by atoms with Crippen LogP contribution < -0.4 is 10.6 Å². The summed E-state index contributed by atoms with van der Waals surface area (Å²) in [7, 11) is 0. The first-order valence-corrected chi connectivity index (χ1v) is 11.1. The van der Waals surface area contributed by atoms with Crippen LogP contribution in [0.25, 0.3) is 11.1 Å². The van der Waals surface area contributed by atoms with Gasteiger partial charge in [-0.2, -0.15) is 0 Å². The Bertz CT molecular complexity index is 985. The van der Waals surface area contributed by atoms with Crippen LogP contribution in [0.1, 0.15) is 56.1 Å². The van der Waals surface area contributed by atoms with Gasteiger partial charge in [0.1, 0.15) is 12.1 Å². The Morgan fingerprint density at radius 3 is 2.19 bits per heavy atom. The van der Waals surface area contributed by atoms with Crippen LogP contribution in [0.5, 0.6) is 0 Å². The van der Waals surface area contributed by atoms with E-state index in [1.807, 2.05) is 31.2 Å². The fraction of sp³-hybridized carbons (Fsp3) is 0.400. The first-order chi connectivity index (χ1) is 15.4. The zero-order valence-electron chi connectivity index (χ0n) is 18.1. The summed E-state index contributed by atoms with van der Waals surface area (Å²) in [6, 6.07) is 15.8. The average molecular weight is 437 g/mol. The van der Waals surface area contributed by atoms with Crippen molar-refractivity contribution in [1.29, 1.82) is 0 Å². The molecule has 2 aliphatic carbocycles. The SMILES string of the molecule is CCC[C@@H](CC(=O)NC1(C(=O)O)CC1)NC(=O)OCC1c2ccccc2-c2ccccc21. The molecule has 168 valence electrons. The van der Waals surface area contributed by atoms with Crippen LogP contribution >= 0.6 is 0 Å². The summed E-state index contributed by atoms with van der Waals surface area (Å²) in [5, 5.41) is 14.6. The highest BCUT2D eigenvalue weighted by Crippen LogP contribution is 2.44. The van der Waals surface area contributed by atoms with Gasteiger partial charge in [-0.3, -0.25) is 4.79 Å². The summed E-state index contributed by atoms with van der Waals surface area (Å²) in [5.41, 5.74) is 3.45. The zero-order chi connectivity index (χ0) is 22.7. The van der Waals surface area contributed by atoms with Gasteiger partial charge in [-0.05, 0) is 41.5 Å². The molecule has 7 nitrogen and oxygen atoms in total. The first kappa shape index (κ1) is 21.9. The van der Waals surface area contributed by atoms with Crippen LogP contribution in [0, 0.1) is 0 Å². The van der Waals surface area contributed by atoms with Crippen LogP contribution in [0.4, 0.5) is 4.79 Å². The molecule has 0 unspecified atom stereocenters. The number of fused-ring (bicyclic) bond motifs is 3. The zero-order valence-corrected chi connectivity index (χ0v) is 18.1. The second-order valence-electron chi connectivity index (χ2n) is 8.60. The average Bonchev–Trinajstić information content (AvgIpc) is 3.48. The number of hydrogen-bond donors (Lipinski definition) is 3. The molecule has 0 aromatic heterocycles. The monoisotopic (exact) mass is 436 g/mol. The Labute approximate surface area is 187 Å². The van der Waals surface area contributed by atoms with Crippen molar-refractivity contribution in [2.75, 3.05) is 6.61 Å². The minimum atomic E-state index is -1.13. The molecule has 0 radical (unpaired) electrons. The van der Waals surface area contributed by atoms with Crippen molar-refractivity contribution in [2.45, 2.75) is 56.5 Å². The molecular weight excluding hydrogens is 408 g/mol. The van der Waals surface area contributed by atoms with E-state index in [0.717, 1.165) is 28.7 Å². The van der Waals surface area contributed by atoms with Gasteiger partial charge >= 0.3 is 12.1 Å². The van der Waals surface area contributed by atoms with Gasteiger partial charge in [0.05, 0.1) is 0 Å². The van der Waals surface area contributed by atoms with Gasteiger partial charge in [0.25, 0.3) is 0 Å². The normalized spacial score (nSPS) is 16.4. The predicted octanol–water partition coefficient (Wildman–Crippen LogP) is 3.82. The molecule has 0 spiro atoms. The molecule has 3 N–H and O–H groups in total. The second kappa shape index (κ2) is 9.02. The largest absolute Gasteiger partial charge is 0.480 e. The van der Waals surface area contributed by atoms with Crippen LogP contribution in [0.3, 0.4) is 0 Å². The van der Waals surface area contributed by atoms with E-state index in [-0.39, 0.29) is 24.9 Å². The fourth-order valence-electron chi connectivity index (χ4n) is 4.44. The lowest BCUT2D eigenvalue weighted by Gasteiger charge is -2.20. The number of nitrogens with one attached hydrogen (secondary N) is 2. The minimum absolute atomic E-state index is 0.0209. The second-order valence-corrected chi connectivity index (χ2v) is 8.60. The third-order valence-electron chi connectivity index (χ3n) is 6.27. The highest BCUT2D eigenvalue weighted by atomic mass is 16.5. The number of benzene rings is 2. The maximum absolute atomic E-state index is 12.5. The molecule has 4 rings (SSSR count). The summed E-state index contributed by atoms with van der Waals surface area (Å²) in [6.07, 6.45) is 1.69. The van der Waals surface area contributed by atoms with Crippen molar-refractivity contribution < 1.29 is 24.2 Å². The van der Waals surface area contributed by atoms with Gasteiger partial charge in [-0.1, -0.05) is 61.9 Å². The summed E-state index contributed by atoms with van der Waals surface area (Å²) in [5.74, 6) is -1.42. The number of carboxylic acid groups (broad SMARTS) is 1. The third-order valence-corrected chi connectivity index (χ3v) is 6.27. The number of ether oxygens (including phenoxy) is 1. The van der Waals surface area contributed by atoms with Crippen LogP contribution in [0.15, 0.2) is 48.5 Å². The van der Waals surface area contributed by atoms with Gasteiger partial charge in [0, 0.05) is 18.4 Å². The van der Waals surface area contributed by atoms with Gasteiger partial charge in [0.15, 0.2) is 0 Å². The number of hydrogen-bond acceptors (Lipinski definition) is 4. The highest BCUT2D eigenvalue weighted by molar-refractivity contribution is 5.90. The molecule has 2 amide bonds. The highest BCUT2D eigenvalue weighted by Gasteiger charge is 2.51. The molecule has 1 saturated carbocycles. The number of amides is 2. The number of carboxylic acids is 1. The number of rotatable bonds is 9.